The fraction of sp³-hybridized carbons (Fsp3) is 0.167. The van der Waals surface area contributed by atoms with Crippen LogP contribution in [0.4, 0.5) is 10.1 Å². The Balaban J connectivity index is 1.75. The molecular formula is C18H18FN3O3. The Morgan fingerprint density at radius 3 is 2.48 bits per heavy atom. The Kier molecular flexibility index (Phi) is 6.65. The van der Waals surface area contributed by atoms with Gasteiger partial charge in [0.25, 0.3) is 0 Å². The van der Waals surface area contributed by atoms with Crippen LogP contribution in [0.2, 0.25) is 0 Å². The van der Waals surface area contributed by atoms with Gasteiger partial charge in [-0.05, 0) is 36.4 Å². The number of hydrazone groups is 1. The van der Waals surface area contributed by atoms with Gasteiger partial charge in [0.1, 0.15) is 11.6 Å². The molecule has 2 aromatic carbocycles. The number of nitrogens with zero attached hydrogens (tertiary/aromatic N) is 1. The number of nitrogens with one attached hydrogen (secondary N) is 2. The highest BCUT2D eigenvalue weighted by molar-refractivity contribution is 5.93. The number of carbonyl (C=O) groups is 2. The smallest absolute Gasteiger partial charge is 0.240 e. The monoisotopic (exact) mass is 343 g/mol. The number of ether oxygens (including phenoxy) is 1. The largest absolute Gasteiger partial charge is 0.496 e. The molecule has 0 bridgehead atoms. The zero-order valence-electron chi connectivity index (χ0n) is 13.7. The Hall–Kier alpha value is -3.22. The molecule has 0 aromatic heterocycles. The van der Waals surface area contributed by atoms with Crippen molar-refractivity contribution in [2.24, 2.45) is 5.10 Å². The van der Waals surface area contributed by atoms with E-state index in [1.54, 1.807) is 19.2 Å². The third-order valence-corrected chi connectivity index (χ3v) is 3.24. The van der Waals surface area contributed by atoms with Crippen molar-refractivity contribution in [2.45, 2.75) is 12.8 Å². The summed E-state index contributed by atoms with van der Waals surface area (Å²) in [5, 5.41) is 6.42. The summed E-state index contributed by atoms with van der Waals surface area (Å²) in [4.78, 5) is 23.4. The second-order valence-electron chi connectivity index (χ2n) is 5.09. The van der Waals surface area contributed by atoms with E-state index in [1.807, 2.05) is 12.1 Å². The van der Waals surface area contributed by atoms with Crippen molar-refractivity contribution in [3.8, 4) is 5.75 Å². The lowest BCUT2D eigenvalue weighted by molar-refractivity contribution is -0.124. The zero-order chi connectivity index (χ0) is 18.1. The average Bonchev–Trinajstić information content (AvgIpc) is 2.62. The molecule has 2 aromatic rings. The first-order valence-electron chi connectivity index (χ1n) is 7.59. The summed E-state index contributed by atoms with van der Waals surface area (Å²) in [6.07, 6.45) is 1.44. The number of hydrogen-bond acceptors (Lipinski definition) is 4. The van der Waals surface area contributed by atoms with E-state index < -0.39 is 0 Å². The second kappa shape index (κ2) is 9.17. The number of anilines is 1. The van der Waals surface area contributed by atoms with Gasteiger partial charge in [0.2, 0.25) is 11.8 Å². The van der Waals surface area contributed by atoms with Gasteiger partial charge in [0, 0.05) is 24.1 Å². The first kappa shape index (κ1) is 18.1. The molecule has 0 saturated heterocycles. The molecule has 0 fully saturated rings. The quantitative estimate of drug-likeness (QED) is 0.599. The lowest BCUT2D eigenvalue weighted by atomic mass is 10.2. The van der Waals surface area contributed by atoms with Crippen LogP contribution in [0, 0.1) is 5.82 Å². The molecule has 2 N–H and O–H groups in total. The first-order valence-corrected chi connectivity index (χ1v) is 7.59. The van der Waals surface area contributed by atoms with E-state index in [0.717, 1.165) is 5.56 Å². The van der Waals surface area contributed by atoms with Gasteiger partial charge in [-0.25, -0.2) is 9.82 Å². The molecule has 0 spiro atoms. The summed E-state index contributed by atoms with van der Waals surface area (Å²) >= 11 is 0. The molecule has 25 heavy (non-hydrogen) atoms. The number of rotatable bonds is 7. The highest BCUT2D eigenvalue weighted by atomic mass is 19.1. The Morgan fingerprint density at radius 2 is 1.76 bits per heavy atom. The SMILES string of the molecule is COc1ccccc1/C=N/NC(=O)CCC(=O)Nc1ccc(F)cc1. The third-order valence-electron chi connectivity index (χ3n) is 3.24. The van der Waals surface area contributed by atoms with Crippen LogP contribution in [0.3, 0.4) is 0 Å². The molecule has 0 heterocycles. The molecule has 0 unspecified atom stereocenters. The number of hydrogen-bond donors (Lipinski definition) is 2. The number of methoxy groups -OCH3 is 1. The van der Waals surface area contributed by atoms with E-state index in [0.29, 0.717) is 11.4 Å². The molecule has 130 valence electrons. The fourth-order valence-corrected chi connectivity index (χ4v) is 1.99. The van der Waals surface area contributed by atoms with Crippen LogP contribution in [-0.4, -0.2) is 25.1 Å². The van der Waals surface area contributed by atoms with Gasteiger partial charge < -0.3 is 10.1 Å². The summed E-state index contributed by atoms with van der Waals surface area (Å²) in [6, 6.07) is 12.6. The van der Waals surface area contributed by atoms with Crippen molar-refractivity contribution in [3.05, 3.63) is 59.9 Å². The standard InChI is InChI=1S/C18H18FN3O3/c1-25-16-5-3-2-4-13(16)12-20-22-18(24)11-10-17(23)21-15-8-6-14(19)7-9-15/h2-9,12H,10-11H2,1H3,(H,21,23)(H,22,24)/b20-12+. The minimum absolute atomic E-state index is 0.00656. The molecule has 0 saturated carbocycles. The number of carbonyl (C=O) groups excluding carboxylic acids is 2. The van der Waals surface area contributed by atoms with Gasteiger partial charge in [0.15, 0.2) is 0 Å². The van der Waals surface area contributed by atoms with Crippen molar-refractivity contribution < 1.29 is 18.7 Å². The van der Waals surface area contributed by atoms with Crippen LogP contribution in [0.1, 0.15) is 18.4 Å². The maximum Gasteiger partial charge on any atom is 0.240 e. The average molecular weight is 343 g/mol. The van der Waals surface area contributed by atoms with Crippen molar-refractivity contribution in [1.82, 2.24) is 5.43 Å². The molecular weight excluding hydrogens is 325 g/mol. The van der Waals surface area contributed by atoms with Gasteiger partial charge in [-0.15, -0.1) is 0 Å². The van der Waals surface area contributed by atoms with Gasteiger partial charge in [-0.1, -0.05) is 12.1 Å². The fourth-order valence-electron chi connectivity index (χ4n) is 1.99. The summed E-state index contributed by atoms with van der Waals surface area (Å²) in [5.74, 6) is -0.472. The zero-order valence-corrected chi connectivity index (χ0v) is 13.7. The maximum absolute atomic E-state index is 12.8. The van der Waals surface area contributed by atoms with Gasteiger partial charge >= 0.3 is 0 Å². The third kappa shape index (κ3) is 6.06. The van der Waals surface area contributed by atoms with Gasteiger partial charge in [-0.2, -0.15) is 5.10 Å². The molecule has 6 nitrogen and oxygen atoms in total. The van der Waals surface area contributed by atoms with Crippen LogP contribution >= 0.6 is 0 Å². The molecule has 0 radical (unpaired) electrons. The van der Waals surface area contributed by atoms with Crippen LogP contribution in [0.5, 0.6) is 5.75 Å². The van der Waals surface area contributed by atoms with Crippen LogP contribution < -0.4 is 15.5 Å². The van der Waals surface area contributed by atoms with E-state index in [1.165, 1.54) is 30.5 Å². The molecule has 0 aliphatic carbocycles. The molecule has 2 amide bonds. The van der Waals surface area contributed by atoms with Crippen LogP contribution in [0.15, 0.2) is 53.6 Å². The minimum Gasteiger partial charge on any atom is -0.496 e. The molecule has 0 atom stereocenters. The Bertz CT molecular complexity index is 760. The summed E-state index contributed by atoms with van der Waals surface area (Å²) < 4.78 is 17.9. The second-order valence-corrected chi connectivity index (χ2v) is 5.09. The van der Waals surface area contributed by atoms with Gasteiger partial charge in [0.05, 0.1) is 13.3 Å². The predicted octanol–water partition coefficient (Wildman–Crippen LogP) is 2.70. The lowest BCUT2D eigenvalue weighted by Crippen LogP contribution is -2.20. The van der Waals surface area contributed by atoms with E-state index >= 15 is 0 Å². The van der Waals surface area contributed by atoms with E-state index in [-0.39, 0.29) is 30.5 Å². The van der Waals surface area contributed by atoms with Crippen molar-refractivity contribution in [1.29, 1.82) is 0 Å². The predicted molar refractivity (Wildman–Crippen MR) is 93.0 cm³/mol. The first-order chi connectivity index (χ1) is 12.1. The molecule has 7 heteroatoms. The Labute approximate surface area is 144 Å². The van der Waals surface area contributed by atoms with E-state index in [2.05, 4.69) is 15.8 Å². The number of para-hydroxylation sites is 1. The molecule has 0 aliphatic rings. The molecule has 0 aliphatic heterocycles. The van der Waals surface area contributed by atoms with Crippen LogP contribution in [-0.2, 0) is 9.59 Å². The number of amides is 2. The van der Waals surface area contributed by atoms with E-state index in [9.17, 15) is 14.0 Å². The van der Waals surface area contributed by atoms with Crippen molar-refractivity contribution >= 4 is 23.7 Å². The van der Waals surface area contributed by atoms with Crippen molar-refractivity contribution in [2.75, 3.05) is 12.4 Å². The highest BCUT2D eigenvalue weighted by Gasteiger charge is 2.07. The Morgan fingerprint density at radius 1 is 1.08 bits per heavy atom. The minimum atomic E-state index is -0.389. The highest BCUT2D eigenvalue weighted by Crippen LogP contribution is 2.14. The van der Waals surface area contributed by atoms with E-state index in [4.69, 9.17) is 4.74 Å². The summed E-state index contributed by atoms with van der Waals surface area (Å²) in [5.41, 5.74) is 3.55. The van der Waals surface area contributed by atoms with Gasteiger partial charge in [-0.3, -0.25) is 9.59 Å². The normalized spacial score (nSPS) is 10.5. The van der Waals surface area contributed by atoms with Crippen LogP contribution in [0.25, 0.3) is 0 Å². The molecule has 2 rings (SSSR count). The number of benzene rings is 2. The van der Waals surface area contributed by atoms with Crippen molar-refractivity contribution in [3.63, 3.8) is 0 Å². The maximum atomic E-state index is 12.8. The lowest BCUT2D eigenvalue weighted by Gasteiger charge is -2.05. The summed E-state index contributed by atoms with van der Waals surface area (Å²) in [7, 11) is 1.55. The topological polar surface area (TPSA) is 79.8 Å². The number of halogens is 1. The summed E-state index contributed by atoms with van der Waals surface area (Å²) in [6.45, 7) is 0.